The average Bonchev–Trinajstić information content (AvgIpc) is 2.50. The largest absolute Gasteiger partial charge is 0.486 e. The highest BCUT2D eigenvalue weighted by molar-refractivity contribution is 5.41. The van der Waals surface area contributed by atoms with Gasteiger partial charge < -0.3 is 15.2 Å². The zero-order valence-electron chi connectivity index (χ0n) is 11.9. The fourth-order valence-corrected chi connectivity index (χ4v) is 2.49. The lowest BCUT2D eigenvalue weighted by molar-refractivity contribution is 0.0722. The molecule has 2 unspecified atom stereocenters. The smallest absolute Gasteiger partial charge is 0.161 e. The lowest BCUT2D eigenvalue weighted by Crippen LogP contribution is -2.46. The number of aryl methyl sites for hydroxylation is 1. The van der Waals surface area contributed by atoms with Crippen LogP contribution in [0.2, 0.25) is 0 Å². The molecule has 3 rings (SSSR count). The highest BCUT2D eigenvalue weighted by atomic mass is 19.1. The van der Waals surface area contributed by atoms with Crippen molar-refractivity contribution in [2.75, 3.05) is 6.61 Å². The molecule has 0 spiro atoms. The van der Waals surface area contributed by atoms with E-state index >= 15 is 0 Å². The van der Waals surface area contributed by atoms with Gasteiger partial charge in [0.1, 0.15) is 18.5 Å². The molecule has 0 radical (unpaired) electrons. The first kappa shape index (κ1) is 13.9. The second-order valence-electron chi connectivity index (χ2n) is 5.35. The van der Waals surface area contributed by atoms with Gasteiger partial charge in [-0.2, -0.15) is 0 Å². The summed E-state index contributed by atoms with van der Waals surface area (Å²) in [6.45, 7) is 2.36. The molecule has 0 saturated heterocycles. The van der Waals surface area contributed by atoms with E-state index in [-0.39, 0.29) is 18.0 Å². The Hall–Kier alpha value is -2.07. The van der Waals surface area contributed by atoms with Crippen LogP contribution in [0.5, 0.6) is 11.5 Å². The first-order valence-corrected chi connectivity index (χ1v) is 7.02. The van der Waals surface area contributed by atoms with Gasteiger partial charge in [-0.3, -0.25) is 0 Å². The lowest BCUT2D eigenvalue weighted by atomic mass is 9.98. The Morgan fingerprint density at radius 1 is 1.24 bits per heavy atom. The third-order valence-electron chi connectivity index (χ3n) is 3.77. The van der Waals surface area contributed by atoms with Gasteiger partial charge in [0.05, 0.1) is 0 Å². The summed E-state index contributed by atoms with van der Waals surface area (Å²) in [5.74, 6) is 1.21. The molecule has 2 atom stereocenters. The Morgan fingerprint density at radius 3 is 2.81 bits per heavy atom. The van der Waals surface area contributed by atoms with Crippen LogP contribution in [0.15, 0.2) is 42.5 Å². The van der Waals surface area contributed by atoms with Crippen molar-refractivity contribution in [3.05, 3.63) is 59.4 Å². The second kappa shape index (κ2) is 5.74. The maximum absolute atomic E-state index is 13.3. The van der Waals surface area contributed by atoms with Gasteiger partial charge in [-0.15, -0.1) is 0 Å². The summed E-state index contributed by atoms with van der Waals surface area (Å²) >= 11 is 0. The third-order valence-corrected chi connectivity index (χ3v) is 3.77. The molecule has 2 N–H and O–H groups in total. The summed E-state index contributed by atoms with van der Waals surface area (Å²) in [6.07, 6.45) is 0.322. The Kier molecular flexibility index (Phi) is 3.80. The van der Waals surface area contributed by atoms with Gasteiger partial charge >= 0.3 is 0 Å². The van der Waals surface area contributed by atoms with Crippen LogP contribution in [0.4, 0.5) is 4.39 Å². The molecule has 0 aliphatic carbocycles. The van der Waals surface area contributed by atoms with E-state index in [2.05, 4.69) is 0 Å². The molecule has 2 aromatic rings. The molecule has 1 heterocycles. The number of nitrogens with two attached hydrogens (primary N) is 1. The minimum Gasteiger partial charge on any atom is -0.486 e. The number of fused-ring (bicyclic) bond motifs is 1. The summed E-state index contributed by atoms with van der Waals surface area (Å²) in [6, 6.07) is 12.0. The van der Waals surface area contributed by atoms with Crippen LogP contribution in [0, 0.1) is 12.7 Å². The van der Waals surface area contributed by atoms with Crippen molar-refractivity contribution >= 4 is 0 Å². The Labute approximate surface area is 123 Å². The molecular formula is C17H18FNO2. The second-order valence-corrected chi connectivity index (χ2v) is 5.35. The van der Waals surface area contributed by atoms with Crippen LogP contribution in [0.3, 0.4) is 0 Å². The Balaban J connectivity index is 1.72. The summed E-state index contributed by atoms with van der Waals surface area (Å²) in [5.41, 5.74) is 8.17. The number of ether oxygens (including phenoxy) is 2. The van der Waals surface area contributed by atoms with Crippen LogP contribution >= 0.6 is 0 Å². The van der Waals surface area contributed by atoms with Gasteiger partial charge in [0.15, 0.2) is 11.5 Å². The highest BCUT2D eigenvalue weighted by Crippen LogP contribution is 2.31. The topological polar surface area (TPSA) is 44.5 Å². The number of halogens is 1. The maximum Gasteiger partial charge on any atom is 0.161 e. The van der Waals surface area contributed by atoms with Crippen LogP contribution in [0.1, 0.15) is 11.1 Å². The number of rotatable bonds is 3. The zero-order chi connectivity index (χ0) is 14.8. The SMILES string of the molecule is Cc1ccc(F)cc1CC(N)C1COc2ccccc2O1. The first-order valence-electron chi connectivity index (χ1n) is 7.02. The normalized spacial score (nSPS) is 18.3. The summed E-state index contributed by atoms with van der Waals surface area (Å²) in [5, 5.41) is 0. The number of benzene rings is 2. The predicted molar refractivity (Wildman–Crippen MR) is 79.2 cm³/mol. The van der Waals surface area contributed by atoms with Gasteiger partial charge in [-0.1, -0.05) is 18.2 Å². The van der Waals surface area contributed by atoms with E-state index in [0.717, 1.165) is 16.9 Å². The van der Waals surface area contributed by atoms with E-state index in [4.69, 9.17) is 15.2 Å². The molecule has 110 valence electrons. The van der Waals surface area contributed by atoms with Gasteiger partial charge in [0.25, 0.3) is 0 Å². The molecule has 0 bridgehead atoms. The molecule has 0 saturated carbocycles. The fraction of sp³-hybridized carbons (Fsp3) is 0.294. The molecule has 2 aromatic carbocycles. The van der Waals surface area contributed by atoms with Crippen LogP contribution in [0.25, 0.3) is 0 Å². The van der Waals surface area contributed by atoms with Crippen LogP contribution < -0.4 is 15.2 Å². The van der Waals surface area contributed by atoms with E-state index < -0.39 is 0 Å². The maximum atomic E-state index is 13.3. The molecule has 4 heteroatoms. The van der Waals surface area contributed by atoms with E-state index in [0.29, 0.717) is 18.8 Å². The molecule has 0 fully saturated rings. The lowest BCUT2D eigenvalue weighted by Gasteiger charge is -2.30. The third kappa shape index (κ3) is 3.00. The minimum atomic E-state index is -0.251. The van der Waals surface area contributed by atoms with Crippen molar-refractivity contribution in [1.82, 2.24) is 0 Å². The van der Waals surface area contributed by atoms with Gasteiger partial charge in [-0.25, -0.2) is 4.39 Å². The van der Waals surface area contributed by atoms with Crippen molar-refractivity contribution in [3.8, 4) is 11.5 Å². The molecule has 3 nitrogen and oxygen atoms in total. The summed E-state index contributed by atoms with van der Waals surface area (Å²) < 4.78 is 24.9. The number of hydrogen-bond acceptors (Lipinski definition) is 3. The van der Waals surface area contributed by atoms with Gasteiger partial charge in [-0.05, 0) is 48.7 Å². The van der Waals surface area contributed by atoms with E-state index in [1.165, 1.54) is 12.1 Å². The van der Waals surface area contributed by atoms with Crippen molar-refractivity contribution in [3.63, 3.8) is 0 Å². The summed E-state index contributed by atoms with van der Waals surface area (Å²) in [4.78, 5) is 0. The van der Waals surface area contributed by atoms with Crippen molar-refractivity contribution in [2.45, 2.75) is 25.5 Å². The van der Waals surface area contributed by atoms with Crippen molar-refractivity contribution in [2.24, 2.45) is 5.73 Å². The minimum absolute atomic E-state index is 0.234. The summed E-state index contributed by atoms with van der Waals surface area (Å²) in [7, 11) is 0. The van der Waals surface area contributed by atoms with Crippen molar-refractivity contribution < 1.29 is 13.9 Å². The van der Waals surface area contributed by atoms with E-state index in [9.17, 15) is 4.39 Å². The molecule has 1 aliphatic rings. The van der Waals surface area contributed by atoms with Gasteiger partial charge in [0, 0.05) is 6.04 Å². The first-order chi connectivity index (χ1) is 10.1. The number of para-hydroxylation sites is 2. The molecule has 1 aliphatic heterocycles. The van der Waals surface area contributed by atoms with E-state index in [1.807, 2.05) is 31.2 Å². The predicted octanol–water partition coefficient (Wildman–Crippen LogP) is 2.84. The standard InChI is InChI=1S/C17H18FNO2/c1-11-6-7-13(18)8-12(11)9-14(19)17-10-20-15-4-2-3-5-16(15)21-17/h2-8,14,17H,9-10,19H2,1H3. The van der Waals surface area contributed by atoms with E-state index in [1.54, 1.807) is 6.07 Å². The molecular weight excluding hydrogens is 269 g/mol. The van der Waals surface area contributed by atoms with Gasteiger partial charge in [0.2, 0.25) is 0 Å². The highest BCUT2D eigenvalue weighted by Gasteiger charge is 2.26. The zero-order valence-corrected chi connectivity index (χ0v) is 11.9. The monoisotopic (exact) mass is 287 g/mol. The van der Waals surface area contributed by atoms with Crippen LogP contribution in [-0.2, 0) is 6.42 Å². The average molecular weight is 287 g/mol. The quantitative estimate of drug-likeness (QED) is 0.944. The van der Waals surface area contributed by atoms with Crippen molar-refractivity contribution in [1.29, 1.82) is 0 Å². The molecule has 0 aromatic heterocycles. The number of hydrogen-bond donors (Lipinski definition) is 1. The molecule has 21 heavy (non-hydrogen) atoms. The Bertz CT molecular complexity index is 644. The Morgan fingerprint density at radius 2 is 2.00 bits per heavy atom. The molecule has 0 amide bonds. The fourth-order valence-electron chi connectivity index (χ4n) is 2.49. The van der Waals surface area contributed by atoms with Crippen LogP contribution in [-0.4, -0.2) is 18.8 Å².